The van der Waals surface area contributed by atoms with Crippen molar-refractivity contribution in [2.24, 2.45) is 0 Å². The highest BCUT2D eigenvalue weighted by atomic mass is 35.5. The third-order valence-electron chi connectivity index (χ3n) is 2.39. The zero-order valence-electron chi connectivity index (χ0n) is 11.0. The third-order valence-corrected chi connectivity index (χ3v) is 4.71. The summed E-state index contributed by atoms with van der Waals surface area (Å²) in [6.45, 7) is 2.20. The van der Waals surface area contributed by atoms with Crippen molar-refractivity contribution in [2.75, 3.05) is 6.61 Å². The van der Waals surface area contributed by atoms with Crippen molar-refractivity contribution in [3.63, 3.8) is 0 Å². The van der Waals surface area contributed by atoms with Crippen molar-refractivity contribution in [3.05, 3.63) is 45.4 Å². The van der Waals surface area contributed by atoms with Gasteiger partial charge in [0.15, 0.2) is 0 Å². The van der Waals surface area contributed by atoms with Gasteiger partial charge >= 0.3 is 5.97 Å². The van der Waals surface area contributed by atoms with Gasteiger partial charge in [-0.3, -0.25) is 4.79 Å². The maximum Gasteiger partial charge on any atom is 0.311 e. The Bertz CT molecular complexity index is 586. The number of halogens is 1. The molecule has 1 aromatic heterocycles. The molecule has 0 atom stereocenters. The van der Waals surface area contributed by atoms with Crippen LogP contribution < -0.4 is 0 Å². The van der Waals surface area contributed by atoms with Crippen LogP contribution in [0, 0.1) is 0 Å². The van der Waals surface area contributed by atoms with Crippen molar-refractivity contribution in [3.8, 4) is 0 Å². The van der Waals surface area contributed by atoms with Crippen molar-refractivity contribution in [1.29, 1.82) is 0 Å². The Morgan fingerprint density at radius 3 is 3.10 bits per heavy atom. The van der Waals surface area contributed by atoms with Crippen LogP contribution >= 0.6 is 34.7 Å². The van der Waals surface area contributed by atoms with Gasteiger partial charge in [-0.1, -0.05) is 17.7 Å². The fourth-order valence-corrected chi connectivity index (χ4v) is 3.58. The normalized spacial score (nSPS) is 10.5. The van der Waals surface area contributed by atoms with E-state index in [2.05, 4.69) is 4.98 Å². The van der Waals surface area contributed by atoms with Crippen LogP contribution in [0.1, 0.15) is 17.6 Å². The van der Waals surface area contributed by atoms with E-state index in [1.165, 1.54) is 0 Å². The minimum Gasteiger partial charge on any atom is -0.466 e. The fourth-order valence-electron chi connectivity index (χ4n) is 1.56. The van der Waals surface area contributed by atoms with Crippen LogP contribution in [0.15, 0.2) is 34.5 Å². The quantitative estimate of drug-likeness (QED) is 0.589. The molecular weight excluding hydrogens is 314 g/mol. The molecule has 0 saturated heterocycles. The highest BCUT2D eigenvalue weighted by molar-refractivity contribution is 7.98. The van der Waals surface area contributed by atoms with E-state index >= 15 is 0 Å². The molecule has 0 bridgehead atoms. The molecule has 2 rings (SSSR count). The molecular formula is C14H14ClNO2S2. The van der Waals surface area contributed by atoms with Crippen molar-refractivity contribution < 1.29 is 9.53 Å². The van der Waals surface area contributed by atoms with E-state index < -0.39 is 0 Å². The van der Waals surface area contributed by atoms with Crippen LogP contribution in [0.4, 0.5) is 0 Å². The lowest BCUT2D eigenvalue weighted by atomic mass is 10.3. The first kappa shape index (κ1) is 15.4. The number of rotatable bonds is 6. The number of esters is 1. The molecule has 106 valence electrons. The lowest BCUT2D eigenvalue weighted by Gasteiger charge is -2.00. The summed E-state index contributed by atoms with van der Waals surface area (Å²) in [5, 5.41) is 3.64. The Morgan fingerprint density at radius 1 is 1.50 bits per heavy atom. The average molecular weight is 328 g/mol. The number of ether oxygens (including phenoxy) is 1. The van der Waals surface area contributed by atoms with Gasteiger partial charge in [-0.25, -0.2) is 4.98 Å². The predicted molar refractivity (Wildman–Crippen MR) is 83.5 cm³/mol. The lowest BCUT2D eigenvalue weighted by molar-refractivity contribution is -0.142. The number of hydrogen-bond donors (Lipinski definition) is 0. The van der Waals surface area contributed by atoms with Crippen LogP contribution in [0.3, 0.4) is 0 Å². The van der Waals surface area contributed by atoms with E-state index in [9.17, 15) is 4.79 Å². The van der Waals surface area contributed by atoms with E-state index in [0.29, 0.717) is 6.61 Å². The van der Waals surface area contributed by atoms with Crippen LogP contribution in [0.2, 0.25) is 5.02 Å². The SMILES string of the molecule is CCOC(=O)Cc1csc(CSc2cccc(Cl)c2)n1. The van der Waals surface area contributed by atoms with Gasteiger partial charge in [0, 0.05) is 15.3 Å². The summed E-state index contributed by atoms with van der Waals surface area (Å²) in [6, 6.07) is 7.73. The van der Waals surface area contributed by atoms with Crippen molar-refractivity contribution in [2.45, 2.75) is 24.0 Å². The second-order valence-electron chi connectivity index (χ2n) is 3.96. The van der Waals surface area contributed by atoms with Crippen molar-refractivity contribution >= 4 is 40.7 Å². The van der Waals surface area contributed by atoms with E-state index in [0.717, 1.165) is 26.4 Å². The summed E-state index contributed by atoms with van der Waals surface area (Å²) in [5.41, 5.74) is 0.773. The van der Waals surface area contributed by atoms with E-state index in [1.807, 2.05) is 29.6 Å². The smallest absolute Gasteiger partial charge is 0.311 e. The largest absolute Gasteiger partial charge is 0.466 e. The molecule has 0 fully saturated rings. The van der Waals surface area contributed by atoms with Crippen LogP contribution in [-0.2, 0) is 21.7 Å². The van der Waals surface area contributed by atoms with Gasteiger partial charge in [-0.15, -0.1) is 23.1 Å². The lowest BCUT2D eigenvalue weighted by Crippen LogP contribution is -2.07. The molecule has 0 aliphatic rings. The molecule has 6 heteroatoms. The van der Waals surface area contributed by atoms with Gasteiger partial charge < -0.3 is 4.74 Å². The van der Waals surface area contributed by atoms with Crippen LogP contribution in [-0.4, -0.2) is 17.6 Å². The van der Waals surface area contributed by atoms with Gasteiger partial charge in [0.2, 0.25) is 0 Å². The van der Waals surface area contributed by atoms with Crippen molar-refractivity contribution in [1.82, 2.24) is 4.98 Å². The zero-order valence-corrected chi connectivity index (χ0v) is 13.4. The summed E-state index contributed by atoms with van der Waals surface area (Å²) in [7, 11) is 0. The van der Waals surface area contributed by atoms with Gasteiger partial charge in [-0.2, -0.15) is 0 Å². The molecule has 1 heterocycles. The molecule has 0 amide bonds. The van der Waals surface area contributed by atoms with Gasteiger partial charge in [-0.05, 0) is 25.1 Å². The molecule has 20 heavy (non-hydrogen) atoms. The maximum absolute atomic E-state index is 11.4. The van der Waals surface area contributed by atoms with Gasteiger partial charge in [0.05, 0.1) is 24.5 Å². The number of thioether (sulfide) groups is 1. The standard InChI is InChI=1S/C14H14ClNO2S2/c1-2-18-14(17)7-11-8-20-13(16-11)9-19-12-5-3-4-10(15)6-12/h3-6,8H,2,7,9H2,1H3. The summed E-state index contributed by atoms with van der Waals surface area (Å²) < 4.78 is 4.90. The van der Waals surface area contributed by atoms with E-state index in [4.69, 9.17) is 16.3 Å². The molecule has 0 aliphatic carbocycles. The first-order chi connectivity index (χ1) is 9.67. The number of aromatic nitrogens is 1. The molecule has 0 N–H and O–H groups in total. The summed E-state index contributed by atoms with van der Waals surface area (Å²) in [5.74, 6) is 0.542. The molecule has 0 unspecified atom stereocenters. The number of thiazole rings is 1. The Kier molecular flexibility index (Phi) is 5.88. The topological polar surface area (TPSA) is 39.2 Å². The Hall–Kier alpha value is -1.04. The first-order valence-corrected chi connectivity index (χ1v) is 8.39. The monoisotopic (exact) mass is 327 g/mol. The van der Waals surface area contributed by atoms with Crippen LogP contribution in [0.5, 0.6) is 0 Å². The van der Waals surface area contributed by atoms with Gasteiger partial charge in [0.1, 0.15) is 5.01 Å². The second kappa shape index (κ2) is 7.67. The van der Waals surface area contributed by atoms with Gasteiger partial charge in [0.25, 0.3) is 0 Å². The number of carbonyl (C=O) groups excluding carboxylic acids is 1. The number of nitrogens with zero attached hydrogens (tertiary/aromatic N) is 1. The Labute approximate surface area is 131 Å². The number of hydrogen-bond acceptors (Lipinski definition) is 5. The minimum absolute atomic E-state index is 0.230. The molecule has 2 aromatic rings. The predicted octanol–water partition coefficient (Wildman–Crippen LogP) is 4.19. The Balaban J connectivity index is 1.88. The zero-order chi connectivity index (χ0) is 14.4. The second-order valence-corrected chi connectivity index (χ2v) is 6.39. The first-order valence-electron chi connectivity index (χ1n) is 6.14. The highest BCUT2D eigenvalue weighted by Crippen LogP contribution is 2.26. The maximum atomic E-state index is 11.4. The Morgan fingerprint density at radius 2 is 2.35 bits per heavy atom. The van der Waals surface area contributed by atoms with E-state index in [-0.39, 0.29) is 12.4 Å². The highest BCUT2D eigenvalue weighted by Gasteiger charge is 2.08. The fraction of sp³-hybridized carbons (Fsp3) is 0.286. The molecule has 1 aromatic carbocycles. The molecule has 0 aliphatic heterocycles. The molecule has 0 radical (unpaired) electrons. The molecule has 0 spiro atoms. The summed E-state index contributed by atoms with van der Waals surface area (Å²) >= 11 is 9.18. The number of carbonyl (C=O) groups is 1. The molecule has 0 saturated carbocycles. The minimum atomic E-state index is -0.230. The average Bonchev–Trinajstić information content (AvgIpc) is 2.84. The summed E-state index contributed by atoms with van der Waals surface area (Å²) in [4.78, 5) is 16.9. The van der Waals surface area contributed by atoms with Crippen LogP contribution in [0.25, 0.3) is 0 Å². The summed E-state index contributed by atoms with van der Waals surface area (Å²) in [6.07, 6.45) is 0.242. The number of benzene rings is 1. The van der Waals surface area contributed by atoms with E-state index in [1.54, 1.807) is 30.0 Å². The third kappa shape index (κ3) is 4.81. The molecule has 3 nitrogen and oxygen atoms in total.